The Bertz CT molecular complexity index is 1160. The van der Waals surface area contributed by atoms with Gasteiger partial charge in [0, 0.05) is 29.6 Å². The molecule has 0 saturated carbocycles. The highest BCUT2D eigenvalue weighted by Crippen LogP contribution is 2.17. The number of amides is 2. The number of anilines is 2. The zero-order valence-corrected chi connectivity index (χ0v) is 16.7. The Labute approximate surface area is 181 Å². The maximum atomic E-state index is 12.1. The number of nitro groups is 1. The summed E-state index contributed by atoms with van der Waals surface area (Å²) in [5.74, 6) is -0.729. The smallest absolute Gasteiger partial charge is 0.291 e. The number of thiocarbonyl (C=S) groups is 1. The molecule has 0 aliphatic carbocycles. The van der Waals surface area contributed by atoms with Gasteiger partial charge in [0.25, 0.3) is 11.6 Å². The molecule has 0 aliphatic rings. The SMILES string of the molecule is O=C(C=Cc1cccc([N+](=O)[O-])c1)NC(=S)Nc1cccc(NC(=O)c2ccco2)c1. The number of nitrogens with one attached hydrogen (secondary N) is 3. The molecule has 3 N–H and O–H groups in total. The third kappa shape index (κ3) is 6.34. The lowest BCUT2D eigenvalue weighted by Crippen LogP contribution is -2.32. The maximum Gasteiger partial charge on any atom is 0.291 e. The number of nitrogens with zero attached hydrogens (tertiary/aromatic N) is 1. The number of carbonyl (C=O) groups excluding carboxylic acids is 2. The van der Waals surface area contributed by atoms with Crippen molar-refractivity contribution in [3.63, 3.8) is 0 Å². The molecule has 0 aliphatic heterocycles. The molecule has 3 aromatic rings. The lowest BCUT2D eigenvalue weighted by atomic mass is 10.2. The van der Waals surface area contributed by atoms with Crippen molar-refractivity contribution in [3.05, 3.63) is 94.4 Å². The Balaban J connectivity index is 1.55. The molecule has 1 aromatic heterocycles. The van der Waals surface area contributed by atoms with Gasteiger partial charge in [0.1, 0.15) is 0 Å². The van der Waals surface area contributed by atoms with Crippen LogP contribution in [0.3, 0.4) is 0 Å². The van der Waals surface area contributed by atoms with Crippen molar-refractivity contribution in [2.24, 2.45) is 0 Å². The van der Waals surface area contributed by atoms with Crippen LogP contribution in [0.15, 0.2) is 77.4 Å². The van der Waals surface area contributed by atoms with Gasteiger partial charge in [-0.15, -0.1) is 0 Å². The third-order valence-electron chi connectivity index (χ3n) is 3.87. The molecule has 0 fully saturated rings. The molecule has 0 radical (unpaired) electrons. The molecule has 10 heteroatoms. The Hall–Kier alpha value is -4.31. The summed E-state index contributed by atoms with van der Waals surface area (Å²) >= 11 is 5.13. The fourth-order valence-electron chi connectivity index (χ4n) is 2.51. The van der Waals surface area contributed by atoms with Crippen LogP contribution in [0.2, 0.25) is 0 Å². The minimum atomic E-state index is -0.512. The van der Waals surface area contributed by atoms with Gasteiger partial charge in [-0.2, -0.15) is 0 Å². The van der Waals surface area contributed by atoms with E-state index >= 15 is 0 Å². The number of furan rings is 1. The average molecular weight is 436 g/mol. The van der Waals surface area contributed by atoms with Crippen molar-refractivity contribution in [1.82, 2.24) is 5.32 Å². The van der Waals surface area contributed by atoms with Crippen LogP contribution in [-0.4, -0.2) is 21.9 Å². The van der Waals surface area contributed by atoms with E-state index in [0.29, 0.717) is 16.9 Å². The Morgan fingerprint density at radius 2 is 1.74 bits per heavy atom. The number of rotatable bonds is 6. The molecule has 3 rings (SSSR count). The van der Waals surface area contributed by atoms with Gasteiger partial charge in [-0.25, -0.2) is 0 Å². The summed E-state index contributed by atoms with van der Waals surface area (Å²) in [6.07, 6.45) is 4.06. The predicted octanol–water partition coefficient (Wildman–Crippen LogP) is 3.97. The predicted molar refractivity (Wildman–Crippen MR) is 120 cm³/mol. The van der Waals surface area contributed by atoms with E-state index in [2.05, 4.69) is 16.0 Å². The quantitative estimate of drug-likeness (QED) is 0.231. The van der Waals surface area contributed by atoms with E-state index < -0.39 is 16.7 Å². The maximum absolute atomic E-state index is 12.1. The van der Waals surface area contributed by atoms with Gasteiger partial charge in [-0.05, 0) is 54.2 Å². The molecule has 0 unspecified atom stereocenters. The first-order valence-corrected chi connectivity index (χ1v) is 9.31. The zero-order valence-electron chi connectivity index (χ0n) is 15.9. The van der Waals surface area contributed by atoms with Crippen LogP contribution < -0.4 is 16.0 Å². The van der Waals surface area contributed by atoms with Gasteiger partial charge in [-0.3, -0.25) is 25.0 Å². The van der Waals surface area contributed by atoms with Crippen molar-refractivity contribution in [1.29, 1.82) is 0 Å². The first kappa shape index (κ1) is 21.4. The van der Waals surface area contributed by atoms with Crippen molar-refractivity contribution >= 4 is 52.3 Å². The van der Waals surface area contributed by atoms with Crippen LogP contribution in [0.5, 0.6) is 0 Å². The number of benzene rings is 2. The molecule has 9 nitrogen and oxygen atoms in total. The van der Waals surface area contributed by atoms with E-state index in [4.69, 9.17) is 16.6 Å². The van der Waals surface area contributed by atoms with Crippen LogP contribution in [0.4, 0.5) is 17.1 Å². The molecule has 0 bridgehead atoms. The monoisotopic (exact) mass is 436 g/mol. The molecule has 0 spiro atoms. The number of carbonyl (C=O) groups is 2. The highest BCUT2D eigenvalue weighted by Gasteiger charge is 2.09. The summed E-state index contributed by atoms with van der Waals surface area (Å²) in [5, 5.41) is 18.9. The Kier molecular flexibility index (Phi) is 6.86. The standard InChI is InChI=1S/C21H16N4O5S/c26-19(10-9-14-4-1-7-17(12-14)25(28)29)24-21(31)23-16-6-2-5-15(13-16)22-20(27)18-8-3-11-30-18/h1-13H,(H,22,27)(H2,23,24,26,31). The van der Waals surface area contributed by atoms with Crippen LogP contribution >= 0.6 is 12.2 Å². The lowest BCUT2D eigenvalue weighted by molar-refractivity contribution is -0.384. The summed E-state index contributed by atoms with van der Waals surface area (Å²) < 4.78 is 5.04. The van der Waals surface area contributed by atoms with Crippen LogP contribution in [0.25, 0.3) is 6.08 Å². The second-order valence-electron chi connectivity index (χ2n) is 6.14. The van der Waals surface area contributed by atoms with E-state index in [9.17, 15) is 19.7 Å². The highest BCUT2D eigenvalue weighted by molar-refractivity contribution is 7.80. The molecular weight excluding hydrogens is 420 g/mol. The van der Waals surface area contributed by atoms with E-state index in [1.807, 2.05) is 0 Å². The fraction of sp³-hybridized carbons (Fsp3) is 0. The van der Waals surface area contributed by atoms with E-state index in [1.165, 1.54) is 36.6 Å². The largest absolute Gasteiger partial charge is 0.459 e. The van der Waals surface area contributed by atoms with Gasteiger partial charge in [0.05, 0.1) is 11.2 Å². The van der Waals surface area contributed by atoms with Crippen LogP contribution in [0.1, 0.15) is 16.1 Å². The van der Waals surface area contributed by atoms with Gasteiger partial charge in [-0.1, -0.05) is 18.2 Å². The summed E-state index contributed by atoms with van der Waals surface area (Å²) in [5.41, 5.74) is 1.48. The molecule has 0 atom stereocenters. The highest BCUT2D eigenvalue weighted by atomic mass is 32.1. The summed E-state index contributed by atoms with van der Waals surface area (Å²) in [4.78, 5) is 34.4. The van der Waals surface area contributed by atoms with Gasteiger partial charge in [0.2, 0.25) is 5.91 Å². The van der Waals surface area contributed by atoms with E-state index in [0.717, 1.165) is 0 Å². The van der Waals surface area contributed by atoms with E-state index in [-0.39, 0.29) is 16.6 Å². The van der Waals surface area contributed by atoms with Crippen molar-refractivity contribution < 1.29 is 18.9 Å². The minimum Gasteiger partial charge on any atom is -0.459 e. The normalized spacial score (nSPS) is 10.5. The molecule has 1 heterocycles. The molecule has 2 aromatic carbocycles. The van der Waals surface area contributed by atoms with Crippen molar-refractivity contribution in [3.8, 4) is 0 Å². The van der Waals surface area contributed by atoms with Gasteiger partial charge >= 0.3 is 0 Å². The topological polar surface area (TPSA) is 127 Å². The number of nitro benzene ring substituents is 1. The first-order valence-electron chi connectivity index (χ1n) is 8.90. The number of hydrogen-bond acceptors (Lipinski definition) is 6. The van der Waals surface area contributed by atoms with Crippen LogP contribution in [0, 0.1) is 10.1 Å². The molecule has 156 valence electrons. The van der Waals surface area contributed by atoms with Crippen molar-refractivity contribution in [2.45, 2.75) is 0 Å². The zero-order chi connectivity index (χ0) is 22.2. The molecular formula is C21H16N4O5S. The molecule has 2 amide bonds. The number of non-ortho nitro benzene ring substituents is 1. The Morgan fingerprint density at radius 1 is 1.00 bits per heavy atom. The van der Waals surface area contributed by atoms with Gasteiger partial charge in [0.15, 0.2) is 10.9 Å². The minimum absolute atomic E-state index is 0.0446. The summed E-state index contributed by atoms with van der Waals surface area (Å²) in [6.45, 7) is 0. The summed E-state index contributed by atoms with van der Waals surface area (Å²) in [6, 6.07) is 15.8. The first-order chi connectivity index (χ1) is 14.9. The van der Waals surface area contributed by atoms with Crippen LogP contribution in [-0.2, 0) is 4.79 Å². The summed E-state index contributed by atoms with van der Waals surface area (Å²) in [7, 11) is 0. The fourth-order valence-corrected chi connectivity index (χ4v) is 2.72. The van der Waals surface area contributed by atoms with E-state index in [1.54, 1.807) is 42.5 Å². The average Bonchev–Trinajstić information content (AvgIpc) is 3.28. The lowest BCUT2D eigenvalue weighted by Gasteiger charge is -2.10. The third-order valence-corrected chi connectivity index (χ3v) is 4.07. The second-order valence-corrected chi connectivity index (χ2v) is 6.55. The number of hydrogen-bond donors (Lipinski definition) is 3. The Morgan fingerprint density at radius 3 is 2.45 bits per heavy atom. The second kappa shape index (κ2) is 9.94. The molecule has 31 heavy (non-hydrogen) atoms. The van der Waals surface area contributed by atoms with Crippen molar-refractivity contribution in [2.75, 3.05) is 10.6 Å². The molecule has 0 saturated heterocycles. The van der Waals surface area contributed by atoms with Gasteiger partial charge < -0.3 is 15.1 Å².